The lowest BCUT2D eigenvalue weighted by Crippen LogP contribution is -2.44. The van der Waals surface area contributed by atoms with Gasteiger partial charge in [0.2, 0.25) is 0 Å². The van der Waals surface area contributed by atoms with Crippen molar-refractivity contribution in [2.75, 3.05) is 20.8 Å². The second-order valence-electron chi connectivity index (χ2n) is 4.08. The summed E-state index contributed by atoms with van der Waals surface area (Å²) >= 11 is 0. The first-order chi connectivity index (χ1) is 7.43. The molecule has 0 heterocycles. The van der Waals surface area contributed by atoms with Gasteiger partial charge in [-0.3, -0.25) is 9.59 Å². The molecule has 2 unspecified atom stereocenters. The number of carbonyl (C=O) groups is 2. The van der Waals surface area contributed by atoms with E-state index in [-0.39, 0.29) is 23.8 Å². The van der Waals surface area contributed by atoms with Crippen molar-refractivity contribution < 1.29 is 19.1 Å². The zero-order chi connectivity index (χ0) is 12.7. The third kappa shape index (κ3) is 4.61. The van der Waals surface area contributed by atoms with Crippen molar-refractivity contribution in [1.29, 1.82) is 0 Å². The van der Waals surface area contributed by atoms with Gasteiger partial charge < -0.3 is 14.8 Å². The van der Waals surface area contributed by atoms with E-state index in [1.165, 1.54) is 14.2 Å². The Bertz CT molecular complexity index is 240. The van der Waals surface area contributed by atoms with Crippen LogP contribution in [0.4, 0.5) is 0 Å². The molecule has 0 aliphatic heterocycles. The van der Waals surface area contributed by atoms with Crippen LogP contribution >= 0.6 is 0 Å². The minimum atomic E-state index is -0.392. The van der Waals surface area contributed by atoms with Gasteiger partial charge in [0, 0.05) is 6.54 Å². The Morgan fingerprint density at radius 1 is 1.06 bits per heavy atom. The highest BCUT2D eigenvalue weighted by Crippen LogP contribution is 2.05. The molecule has 0 aliphatic rings. The number of methoxy groups -OCH3 is 2. The lowest BCUT2D eigenvalue weighted by molar-refractivity contribution is -0.147. The van der Waals surface area contributed by atoms with Crippen molar-refractivity contribution in [1.82, 2.24) is 5.32 Å². The number of esters is 2. The Hall–Kier alpha value is -1.10. The summed E-state index contributed by atoms with van der Waals surface area (Å²) in [5.74, 6) is -0.778. The Kier molecular flexibility index (Phi) is 6.72. The zero-order valence-corrected chi connectivity index (χ0v) is 10.6. The van der Waals surface area contributed by atoms with Gasteiger partial charge in [-0.15, -0.1) is 0 Å². The summed E-state index contributed by atoms with van der Waals surface area (Å²) in [6, 6.07) is -0.392. The number of nitrogens with one attached hydrogen (secondary N) is 1. The van der Waals surface area contributed by atoms with Crippen molar-refractivity contribution in [2.24, 2.45) is 11.8 Å². The highest BCUT2D eigenvalue weighted by atomic mass is 16.5. The Morgan fingerprint density at radius 2 is 1.56 bits per heavy atom. The minimum Gasteiger partial charge on any atom is -0.469 e. The van der Waals surface area contributed by atoms with Crippen LogP contribution in [0.25, 0.3) is 0 Å². The van der Waals surface area contributed by atoms with Gasteiger partial charge in [-0.05, 0) is 5.92 Å². The van der Waals surface area contributed by atoms with Crippen LogP contribution in [0, 0.1) is 11.8 Å². The number of ether oxygens (including phenoxy) is 2. The summed E-state index contributed by atoms with van der Waals surface area (Å²) in [7, 11) is 2.70. The summed E-state index contributed by atoms with van der Waals surface area (Å²) in [6.07, 6.45) is 0. The van der Waals surface area contributed by atoms with E-state index in [0.717, 1.165) is 0 Å². The monoisotopic (exact) mass is 231 g/mol. The Labute approximate surface area is 96.5 Å². The standard InChI is InChI=1S/C11H21NO4/c1-7(2)9(11(14)16-5)12-6-8(3)10(13)15-4/h7-9,12H,6H2,1-5H3. The fourth-order valence-electron chi connectivity index (χ4n) is 1.31. The van der Waals surface area contributed by atoms with E-state index in [2.05, 4.69) is 14.8 Å². The van der Waals surface area contributed by atoms with Gasteiger partial charge in [0.1, 0.15) is 6.04 Å². The van der Waals surface area contributed by atoms with E-state index in [9.17, 15) is 9.59 Å². The minimum absolute atomic E-state index is 0.109. The maximum atomic E-state index is 11.4. The van der Waals surface area contributed by atoms with Gasteiger partial charge in [0.15, 0.2) is 0 Å². The Morgan fingerprint density at radius 3 is 1.94 bits per heavy atom. The predicted octanol–water partition coefficient (Wildman–Crippen LogP) is 0.583. The smallest absolute Gasteiger partial charge is 0.323 e. The van der Waals surface area contributed by atoms with Gasteiger partial charge in [-0.1, -0.05) is 20.8 Å². The number of rotatable bonds is 6. The lowest BCUT2D eigenvalue weighted by Gasteiger charge is -2.21. The average molecular weight is 231 g/mol. The molecule has 0 aromatic carbocycles. The molecule has 5 nitrogen and oxygen atoms in total. The number of hydrogen-bond acceptors (Lipinski definition) is 5. The summed E-state index contributed by atoms with van der Waals surface area (Å²) in [6.45, 7) is 5.97. The quantitative estimate of drug-likeness (QED) is 0.677. The van der Waals surface area contributed by atoms with Crippen molar-refractivity contribution in [2.45, 2.75) is 26.8 Å². The van der Waals surface area contributed by atoms with E-state index in [1.807, 2.05) is 13.8 Å². The second kappa shape index (κ2) is 7.22. The van der Waals surface area contributed by atoms with Gasteiger partial charge >= 0.3 is 11.9 Å². The molecule has 0 spiro atoms. The summed E-state index contributed by atoms with van der Waals surface area (Å²) in [5, 5.41) is 3.01. The molecule has 5 heteroatoms. The van der Waals surface area contributed by atoms with Gasteiger partial charge in [0.05, 0.1) is 20.1 Å². The van der Waals surface area contributed by atoms with E-state index in [0.29, 0.717) is 6.54 Å². The molecule has 0 aliphatic carbocycles. The zero-order valence-electron chi connectivity index (χ0n) is 10.6. The molecule has 0 aromatic rings. The third-order valence-electron chi connectivity index (χ3n) is 2.37. The highest BCUT2D eigenvalue weighted by molar-refractivity contribution is 5.76. The fraction of sp³-hybridized carbons (Fsp3) is 0.818. The summed E-state index contributed by atoms with van der Waals surface area (Å²) in [5.41, 5.74) is 0. The second-order valence-corrected chi connectivity index (χ2v) is 4.08. The largest absolute Gasteiger partial charge is 0.469 e. The maximum absolute atomic E-state index is 11.4. The molecule has 16 heavy (non-hydrogen) atoms. The molecule has 0 rings (SSSR count). The van der Waals surface area contributed by atoms with Crippen LogP contribution in [0.15, 0.2) is 0 Å². The fourth-order valence-corrected chi connectivity index (χ4v) is 1.31. The van der Waals surface area contributed by atoms with Crippen molar-refractivity contribution in [3.63, 3.8) is 0 Å². The van der Waals surface area contributed by atoms with Crippen LogP contribution in [0.5, 0.6) is 0 Å². The first-order valence-corrected chi connectivity index (χ1v) is 5.33. The summed E-state index contributed by atoms with van der Waals surface area (Å²) in [4.78, 5) is 22.6. The lowest BCUT2D eigenvalue weighted by atomic mass is 10.0. The molecule has 2 atom stereocenters. The average Bonchev–Trinajstić information content (AvgIpc) is 2.26. The van der Waals surface area contributed by atoms with Crippen LogP contribution in [0.2, 0.25) is 0 Å². The SMILES string of the molecule is COC(=O)C(C)CNC(C(=O)OC)C(C)C. The maximum Gasteiger partial charge on any atom is 0.323 e. The van der Waals surface area contributed by atoms with Crippen LogP contribution in [0.3, 0.4) is 0 Å². The van der Waals surface area contributed by atoms with Crippen molar-refractivity contribution in [3.8, 4) is 0 Å². The van der Waals surface area contributed by atoms with Crippen LogP contribution in [-0.4, -0.2) is 38.7 Å². The van der Waals surface area contributed by atoms with Gasteiger partial charge in [-0.25, -0.2) is 0 Å². The predicted molar refractivity (Wildman–Crippen MR) is 59.8 cm³/mol. The Balaban J connectivity index is 4.22. The summed E-state index contributed by atoms with van der Waals surface area (Å²) < 4.78 is 9.27. The molecule has 0 radical (unpaired) electrons. The molecule has 0 amide bonds. The van der Waals surface area contributed by atoms with Crippen molar-refractivity contribution in [3.05, 3.63) is 0 Å². The third-order valence-corrected chi connectivity index (χ3v) is 2.37. The van der Waals surface area contributed by atoms with E-state index in [1.54, 1.807) is 6.92 Å². The van der Waals surface area contributed by atoms with E-state index in [4.69, 9.17) is 0 Å². The van der Waals surface area contributed by atoms with Crippen LogP contribution in [0.1, 0.15) is 20.8 Å². The molecule has 0 bridgehead atoms. The number of hydrogen-bond donors (Lipinski definition) is 1. The molecule has 0 fully saturated rings. The van der Waals surface area contributed by atoms with Gasteiger partial charge in [0.25, 0.3) is 0 Å². The van der Waals surface area contributed by atoms with Crippen LogP contribution < -0.4 is 5.32 Å². The van der Waals surface area contributed by atoms with E-state index >= 15 is 0 Å². The molecule has 0 aromatic heterocycles. The number of carbonyl (C=O) groups excluding carboxylic acids is 2. The van der Waals surface area contributed by atoms with Gasteiger partial charge in [-0.2, -0.15) is 0 Å². The van der Waals surface area contributed by atoms with Crippen LogP contribution in [-0.2, 0) is 19.1 Å². The molecule has 0 saturated carbocycles. The van der Waals surface area contributed by atoms with E-state index < -0.39 is 6.04 Å². The molecular formula is C11H21NO4. The topological polar surface area (TPSA) is 64.6 Å². The molecule has 0 saturated heterocycles. The molecule has 94 valence electrons. The first kappa shape index (κ1) is 14.9. The first-order valence-electron chi connectivity index (χ1n) is 5.33. The molecular weight excluding hydrogens is 210 g/mol. The highest BCUT2D eigenvalue weighted by Gasteiger charge is 2.24. The molecule has 1 N–H and O–H groups in total. The normalized spacial score (nSPS) is 14.4. The van der Waals surface area contributed by atoms with Crippen molar-refractivity contribution >= 4 is 11.9 Å².